The van der Waals surface area contributed by atoms with Gasteiger partial charge in [-0.25, -0.2) is 0 Å². The molecule has 0 aliphatic carbocycles. The second-order valence-electron chi connectivity index (χ2n) is 4.52. The van der Waals surface area contributed by atoms with Crippen LogP contribution in [0.15, 0.2) is 60.2 Å². The molecule has 0 fully saturated rings. The average Bonchev–Trinajstić information content (AvgIpc) is 2.96. The fourth-order valence-electron chi connectivity index (χ4n) is 1.80. The molecule has 0 saturated heterocycles. The van der Waals surface area contributed by atoms with E-state index >= 15 is 0 Å². The highest BCUT2D eigenvalue weighted by Gasteiger charge is 1.98. The van der Waals surface area contributed by atoms with E-state index in [2.05, 4.69) is 4.98 Å². The summed E-state index contributed by atoms with van der Waals surface area (Å²) in [4.78, 5) is 15.1. The van der Waals surface area contributed by atoms with E-state index in [1.165, 1.54) is 10.4 Å². The zero-order chi connectivity index (χ0) is 15.8. The molecule has 0 aliphatic heterocycles. The zero-order valence-corrected chi connectivity index (χ0v) is 12.7. The molecule has 0 spiro atoms. The van der Waals surface area contributed by atoms with Gasteiger partial charge in [-0.3, -0.25) is 4.98 Å². The van der Waals surface area contributed by atoms with E-state index in [-0.39, 0.29) is 5.75 Å². The van der Waals surface area contributed by atoms with E-state index in [0.29, 0.717) is 6.42 Å². The van der Waals surface area contributed by atoms with Crippen LogP contribution in [-0.2, 0) is 11.2 Å². The number of phenols is 1. The molecule has 0 radical (unpaired) electrons. The number of carbonyl (C=O) groups is 1. The lowest BCUT2D eigenvalue weighted by atomic mass is 10.2. The molecule has 5 heteroatoms. The van der Waals surface area contributed by atoms with E-state index in [0.717, 1.165) is 17.5 Å². The Balaban J connectivity index is 0.000000164. The number of nitrogens with zero attached hydrogens (tertiary/aromatic N) is 1. The Morgan fingerprint density at radius 1 is 1.18 bits per heavy atom. The molecule has 112 valence electrons. The van der Waals surface area contributed by atoms with Gasteiger partial charge in [-0.05, 0) is 41.5 Å². The lowest BCUT2D eigenvalue weighted by Crippen LogP contribution is -1.83. The van der Waals surface area contributed by atoms with Crippen molar-refractivity contribution in [3.63, 3.8) is 0 Å². The number of hydrogen-bond donors (Lipinski definition) is 2. The smallest absolute Gasteiger partial charge is 0.124 e. The fourth-order valence-corrected chi connectivity index (χ4v) is 2.61. The predicted molar refractivity (Wildman–Crippen MR) is 89.8 cm³/mol. The standard InChI is InChI=1S/C9H8N2S.C8H8O2/c10-8-5-9(12-6-8)7-1-3-11-4-2-7;9-5-4-7-2-1-3-8(10)6-7/h1-6H,10H2;1-3,5-6,10H,4H2. The van der Waals surface area contributed by atoms with Crippen LogP contribution in [0.25, 0.3) is 10.4 Å². The SMILES string of the molecule is Nc1csc(-c2ccncc2)c1.O=CCc1cccc(O)c1. The van der Waals surface area contributed by atoms with Crippen molar-refractivity contribution in [2.45, 2.75) is 6.42 Å². The maximum Gasteiger partial charge on any atom is 0.124 e. The summed E-state index contributed by atoms with van der Waals surface area (Å²) in [6, 6.07) is 12.6. The number of anilines is 1. The number of rotatable bonds is 3. The lowest BCUT2D eigenvalue weighted by Gasteiger charge is -1.93. The van der Waals surface area contributed by atoms with E-state index in [1.54, 1.807) is 48.0 Å². The van der Waals surface area contributed by atoms with Gasteiger partial charge in [-0.15, -0.1) is 11.3 Å². The molecule has 0 atom stereocenters. The summed E-state index contributed by atoms with van der Waals surface area (Å²) in [7, 11) is 0. The normalized spacial score (nSPS) is 9.64. The molecule has 1 aromatic carbocycles. The number of nitrogens with two attached hydrogens (primary N) is 1. The Hall–Kier alpha value is -2.66. The van der Waals surface area contributed by atoms with E-state index in [4.69, 9.17) is 10.8 Å². The number of aldehydes is 1. The zero-order valence-electron chi connectivity index (χ0n) is 11.8. The van der Waals surface area contributed by atoms with Crippen LogP contribution < -0.4 is 5.73 Å². The van der Waals surface area contributed by atoms with Gasteiger partial charge in [0.2, 0.25) is 0 Å². The predicted octanol–water partition coefficient (Wildman–Crippen LogP) is 3.53. The second kappa shape index (κ2) is 7.95. The Labute approximate surface area is 132 Å². The number of hydrogen-bond acceptors (Lipinski definition) is 5. The van der Waals surface area contributed by atoms with Crippen LogP contribution in [0.2, 0.25) is 0 Å². The van der Waals surface area contributed by atoms with Crippen LogP contribution in [0.3, 0.4) is 0 Å². The first-order valence-corrected chi connectivity index (χ1v) is 7.53. The third-order valence-corrected chi connectivity index (χ3v) is 3.81. The topological polar surface area (TPSA) is 76.2 Å². The number of benzene rings is 1. The minimum atomic E-state index is 0.208. The molecule has 3 rings (SSSR count). The summed E-state index contributed by atoms with van der Waals surface area (Å²) >= 11 is 1.65. The highest BCUT2D eigenvalue weighted by Crippen LogP contribution is 2.27. The van der Waals surface area contributed by atoms with Gasteiger partial charge in [0.15, 0.2) is 0 Å². The summed E-state index contributed by atoms with van der Waals surface area (Å²) in [6.07, 6.45) is 4.75. The van der Waals surface area contributed by atoms with Gasteiger partial charge in [0, 0.05) is 34.8 Å². The fraction of sp³-hybridized carbons (Fsp3) is 0.0588. The molecule has 22 heavy (non-hydrogen) atoms. The number of pyridine rings is 1. The summed E-state index contributed by atoms with van der Waals surface area (Å²) in [5.41, 5.74) is 8.45. The van der Waals surface area contributed by atoms with Gasteiger partial charge >= 0.3 is 0 Å². The van der Waals surface area contributed by atoms with Crippen LogP contribution in [0.5, 0.6) is 5.75 Å². The minimum Gasteiger partial charge on any atom is -0.508 e. The van der Waals surface area contributed by atoms with Crippen molar-refractivity contribution in [3.8, 4) is 16.2 Å². The molecular weight excluding hydrogens is 296 g/mol. The van der Waals surface area contributed by atoms with Crippen LogP contribution >= 0.6 is 11.3 Å². The molecule has 4 nitrogen and oxygen atoms in total. The van der Waals surface area contributed by atoms with E-state index < -0.39 is 0 Å². The largest absolute Gasteiger partial charge is 0.508 e. The molecule has 2 aromatic heterocycles. The summed E-state index contributed by atoms with van der Waals surface area (Å²) < 4.78 is 0. The lowest BCUT2D eigenvalue weighted by molar-refractivity contribution is -0.107. The monoisotopic (exact) mass is 312 g/mol. The van der Waals surface area contributed by atoms with Gasteiger partial charge in [0.25, 0.3) is 0 Å². The van der Waals surface area contributed by atoms with Crippen LogP contribution in [0.4, 0.5) is 5.69 Å². The van der Waals surface area contributed by atoms with Crippen LogP contribution in [0, 0.1) is 0 Å². The van der Waals surface area contributed by atoms with Crippen molar-refractivity contribution < 1.29 is 9.90 Å². The van der Waals surface area contributed by atoms with E-state index in [1.807, 2.05) is 23.6 Å². The Bertz CT molecular complexity index is 726. The first kappa shape index (κ1) is 15.7. The molecule has 0 amide bonds. The second-order valence-corrected chi connectivity index (χ2v) is 5.43. The van der Waals surface area contributed by atoms with Crippen molar-refractivity contribution in [3.05, 3.63) is 65.8 Å². The summed E-state index contributed by atoms with van der Waals surface area (Å²) in [5.74, 6) is 0.208. The van der Waals surface area contributed by atoms with Crippen molar-refractivity contribution in [2.75, 3.05) is 5.73 Å². The van der Waals surface area contributed by atoms with Gasteiger partial charge in [-0.1, -0.05) is 12.1 Å². The van der Waals surface area contributed by atoms with Crippen molar-refractivity contribution in [1.82, 2.24) is 4.98 Å². The first-order chi connectivity index (χ1) is 10.7. The third kappa shape index (κ3) is 4.71. The molecule has 2 heterocycles. The van der Waals surface area contributed by atoms with Crippen LogP contribution in [0.1, 0.15) is 5.56 Å². The maximum absolute atomic E-state index is 10.0. The maximum atomic E-state index is 10.0. The van der Waals surface area contributed by atoms with E-state index in [9.17, 15) is 4.79 Å². The molecule has 3 N–H and O–H groups in total. The number of aromatic hydroxyl groups is 1. The summed E-state index contributed by atoms with van der Waals surface area (Å²) in [6.45, 7) is 0. The molecular formula is C17H16N2O2S. The Kier molecular flexibility index (Phi) is 5.68. The third-order valence-electron chi connectivity index (χ3n) is 2.81. The average molecular weight is 312 g/mol. The van der Waals surface area contributed by atoms with Crippen molar-refractivity contribution in [1.29, 1.82) is 0 Å². The quantitative estimate of drug-likeness (QED) is 0.725. The highest BCUT2D eigenvalue weighted by molar-refractivity contribution is 7.14. The van der Waals surface area contributed by atoms with Crippen molar-refractivity contribution >= 4 is 23.3 Å². The molecule has 0 bridgehead atoms. The number of phenolic OH excluding ortho intramolecular Hbond substituents is 1. The Morgan fingerprint density at radius 2 is 1.95 bits per heavy atom. The summed E-state index contributed by atoms with van der Waals surface area (Å²) in [5, 5.41) is 10.9. The Morgan fingerprint density at radius 3 is 2.55 bits per heavy atom. The number of thiophene rings is 1. The van der Waals surface area contributed by atoms with Gasteiger partial charge in [-0.2, -0.15) is 0 Å². The molecule has 0 unspecified atom stereocenters. The molecule has 0 saturated carbocycles. The highest BCUT2D eigenvalue weighted by atomic mass is 32.1. The molecule has 3 aromatic rings. The first-order valence-electron chi connectivity index (χ1n) is 6.65. The van der Waals surface area contributed by atoms with Gasteiger partial charge in [0.1, 0.15) is 12.0 Å². The van der Waals surface area contributed by atoms with Gasteiger partial charge < -0.3 is 15.6 Å². The van der Waals surface area contributed by atoms with Crippen molar-refractivity contribution in [2.24, 2.45) is 0 Å². The molecule has 0 aliphatic rings. The minimum absolute atomic E-state index is 0.208. The van der Waals surface area contributed by atoms with Gasteiger partial charge in [0.05, 0.1) is 0 Å². The van der Waals surface area contributed by atoms with Crippen LogP contribution in [-0.4, -0.2) is 16.4 Å². The number of nitrogen functional groups attached to an aromatic ring is 1. The number of aromatic nitrogens is 1. The number of carbonyl (C=O) groups excluding carboxylic acids is 1.